The molecule has 142 valence electrons. The molecule has 5 heteroatoms. The maximum absolute atomic E-state index is 12.2. The lowest BCUT2D eigenvalue weighted by atomic mass is 10.00. The van der Waals surface area contributed by atoms with Crippen molar-refractivity contribution in [2.24, 2.45) is 0 Å². The van der Waals surface area contributed by atoms with Crippen LogP contribution in [-0.2, 0) is 20.8 Å². The summed E-state index contributed by atoms with van der Waals surface area (Å²) in [5.74, 6) is 5.12. The maximum Gasteiger partial charge on any atom is 0.303 e. The summed E-state index contributed by atoms with van der Waals surface area (Å²) < 4.78 is 0. The van der Waals surface area contributed by atoms with Crippen molar-refractivity contribution >= 4 is 17.7 Å². The zero-order valence-corrected chi connectivity index (χ0v) is 15.4. The van der Waals surface area contributed by atoms with Gasteiger partial charge in [0.15, 0.2) is 5.78 Å². The van der Waals surface area contributed by atoms with Gasteiger partial charge < -0.3 is 10.0 Å². The van der Waals surface area contributed by atoms with Gasteiger partial charge in [0.25, 0.3) is 0 Å². The first-order valence-corrected chi connectivity index (χ1v) is 9.28. The second-order valence-electron chi connectivity index (χ2n) is 6.57. The summed E-state index contributed by atoms with van der Waals surface area (Å²) >= 11 is 0. The van der Waals surface area contributed by atoms with Gasteiger partial charge >= 0.3 is 5.97 Å². The fraction of sp³-hybridized carbons (Fsp3) is 0.409. The predicted molar refractivity (Wildman–Crippen MR) is 103 cm³/mol. The zero-order chi connectivity index (χ0) is 19.5. The predicted octanol–water partition coefficient (Wildman–Crippen LogP) is 2.99. The summed E-state index contributed by atoms with van der Waals surface area (Å²) in [6.07, 6.45) is 6.98. The molecule has 1 atom stereocenters. The van der Waals surface area contributed by atoms with Gasteiger partial charge in [0.1, 0.15) is 0 Å². The number of ketones is 1. The van der Waals surface area contributed by atoms with Crippen LogP contribution in [0.15, 0.2) is 42.5 Å². The van der Waals surface area contributed by atoms with E-state index in [1.54, 1.807) is 11.0 Å². The zero-order valence-electron chi connectivity index (χ0n) is 15.4. The van der Waals surface area contributed by atoms with Crippen LogP contribution in [0, 0.1) is 11.8 Å². The summed E-state index contributed by atoms with van der Waals surface area (Å²) in [5, 5.41) is 8.60. The van der Waals surface area contributed by atoms with E-state index in [1.807, 2.05) is 36.4 Å². The quantitative estimate of drug-likeness (QED) is 0.435. The number of nitrogens with zero attached hydrogens (tertiary/aromatic N) is 1. The Morgan fingerprint density at radius 1 is 1.22 bits per heavy atom. The number of carbonyl (C=O) groups is 3. The molecular weight excluding hydrogens is 342 g/mol. The number of rotatable bonds is 8. The number of unbranched alkanes of at least 4 members (excludes halogenated alkanes) is 1. The van der Waals surface area contributed by atoms with Gasteiger partial charge in [-0.3, -0.25) is 14.4 Å². The highest BCUT2D eigenvalue weighted by Crippen LogP contribution is 2.19. The Morgan fingerprint density at radius 3 is 2.74 bits per heavy atom. The Hall–Kier alpha value is -2.87. The third-order valence-corrected chi connectivity index (χ3v) is 4.40. The van der Waals surface area contributed by atoms with E-state index < -0.39 is 5.97 Å². The number of carboxylic acid groups (broad SMARTS) is 1. The van der Waals surface area contributed by atoms with E-state index in [2.05, 4.69) is 11.8 Å². The van der Waals surface area contributed by atoms with Crippen molar-refractivity contribution in [1.29, 1.82) is 0 Å². The monoisotopic (exact) mass is 367 g/mol. The van der Waals surface area contributed by atoms with Crippen molar-refractivity contribution in [2.45, 2.75) is 51.0 Å². The molecule has 1 aliphatic heterocycles. The molecule has 1 N–H and O–H groups in total. The van der Waals surface area contributed by atoms with Crippen LogP contribution in [0.4, 0.5) is 0 Å². The van der Waals surface area contributed by atoms with Crippen molar-refractivity contribution < 1.29 is 19.5 Å². The van der Waals surface area contributed by atoms with Crippen LogP contribution in [0.1, 0.15) is 44.1 Å². The molecule has 0 spiro atoms. The average molecular weight is 367 g/mol. The minimum Gasteiger partial charge on any atom is -0.481 e. The lowest BCUT2D eigenvalue weighted by Gasteiger charge is -2.32. The molecule has 1 heterocycles. The molecule has 1 aromatic carbocycles. The summed E-state index contributed by atoms with van der Waals surface area (Å²) in [4.78, 5) is 36.6. The molecule has 1 aliphatic rings. The van der Waals surface area contributed by atoms with E-state index in [1.165, 1.54) is 0 Å². The molecular formula is C22H25NO4. The van der Waals surface area contributed by atoms with Crippen LogP contribution < -0.4 is 0 Å². The average Bonchev–Trinajstić information content (AvgIpc) is 2.65. The molecule has 0 aliphatic carbocycles. The van der Waals surface area contributed by atoms with Crippen molar-refractivity contribution in [2.75, 3.05) is 6.54 Å². The van der Waals surface area contributed by atoms with Gasteiger partial charge in [-0.05, 0) is 30.9 Å². The van der Waals surface area contributed by atoms with Crippen LogP contribution >= 0.6 is 0 Å². The number of carboxylic acids is 1. The number of allylic oxidation sites excluding steroid dienone is 1. The molecule has 0 aromatic heterocycles. The van der Waals surface area contributed by atoms with Crippen molar-refractivity contribution in [3.8, 4) is 11.8 Å². The first-order chi connectivity index (χ1) is 13.1. The molecule has 5 nitrogen and oxygen atoms in total. The molecule has 0 saturated carbocycles. The highest BCUT2D eigenvalue weighted by atomic mass is 16.4. The van der Waals surface area contributed by atoms with Crippen molar-refractivity contribution in [1.82, 2.24) is 4.90 Å². The summed E-state index contributed by atoms with van der Waals surface area (Å²) in [6, 6.07) is 9.45. The summed E-state index contributed by atoms with van der Waals surface area (Å²) in [7, 11) is 0. The lowest BCUT2D eigenvalue weighted by Crippen LogP contribution is -2.42. The fourth-order valence-electron chi connectivity index (χ4n) is 2.98. The van der Waals surface area contributed by atoms with Crippen LogP contribution in [0.2, 0.25) is 0 Å². The number of benzene rings is 1. The third-order valence-electron chi connectivity index (χ3n) is 4.40. The van der Waals surface area contributed by atoms with E-state index in [0.717, 1.165) is 18.4 Å². The SMILES string of the molecule is O=C(O)CCCC#CCN1C(=O)CCCC1C=CC(=O)Cc1ccccc1. The molecule has 27 heavy (non-hydrogen) atoms. The topological polar surface area (TPSA) is 74.7 Å². The lowest BCUT2D eigenvalue weighted by molar-refractivity contribution is -0.137. The van der Waals surface area contributed by atoms with E-state index in [4.69, 9.17) is 5.11 Å². The molecule has 1 unspecified atom stereocenters. The molecule has 1 amide bonds. The molecule has 0 radical (unpaired) electrons. The number of likely N-dealkylation sites (tertiary alicyclic amines) is 1. The normalized spacial score (nSPS) is 16.8. The summed E-state index contributed by atoms with van der Waals surface area (Å²) in [6.45, 7) is 0.313. The largest absolute Gasteiger partial charge is 0.481 e. The number of piperidine rings is 1. The van der Waals surface area contributed by atoms with E-state index >= 15 is 0 Å². The minimum atomic E-state index is -0.826. The third kappa shape index (κ3) is 7.49. The Labute approximate surface area is 160 Å². The maximum atomic E-state index is 12.2. The van der Waals surface area contributed by atoms with Crippen LogP contribution in [0.25, 0.3) is 0 Å². The number of aliphatic carboxylic acids is 1. The van der Waals surface area contributed by atoms with Crippen molar-refractivity contribution in [3.05, 3.63) is 48.0 Å². The Kier molecular flexibility index (Phi) is 8.31. The van der Waals surface area contributed by atoms with Gasteiger partial charge in [-0.25, -0.2) is 0 Å². The van der Waals surface area contributed by atoms with Gasteiger partial charge in [-0.2, -0.15) is 0 Å². The van der Waals surface area contributed by atoms with Crippen LogP contribution in [0.5, 0.6) is 0 Å². The van der Waals surface area contributed by atoms with Crippen LogP contribution in [0.3, 0.4) is 0 Å². The highest BCUT2D eigenvalue weighted by Gasteiger charge is 2.25. The smallest absolute Gasteiger partial charge is 0.303 e. The number of carbonyl (C=O) groups excluding carboxylic acids is 2. The van der Waals surface area contributed by atoms with Crippen LogP contribution in [-0.4, -0.2) is 40.3 Å². The van der Waals surface area contributed by atoms with E-state index in [0.29, 0.717) is 32.2 Å². The molecule has 2 rings (SSSR count). The van der Waals surface area contributed by atoms with Crippen molar-refractivity contribution in [3.63, 3.8) is 0 Å². The Bertz CT molecular complexity index is 743. The second kappa shape index (κ2) is 11.0. The first kappa shape index (κ1) is 20.4. The minimum absolute atomic E-state index is 0.0129. The molecule has 1 fully saturated rings. The number of amides is 1. The fourth-order valence-corrected chi connectivity index (χ4v) is 2.98. The van der Waals surface area contributed by atoms with E-state index in [-0.39, 0.29) is 24.2 Å². The summed E-state index contributed by atoms with van der Waals surface area (Å²) in [5.41, 5.74) is 0.968. The van der Waals surface area contributed by atoms with Gasteiger partial charge in [0.05, 0.1) is 12.6 Å². The molecule has 1 aromatic rings. The standard InChI is InChI=1S/C22H25NO4/c24-20(17-18-9-4-3-5-10-18)15-14-19-11-8-12-21(25)23(19)16-7-2-1-6-13-22(26)27/h3-5,9-10,14-15,19H,1,6,8,11-13,16-17H2,(H,26,27). The first-order valence-electron chi connectivity index (χ1n) is 9.28. The Morgan fingerprint density at radius 2 is 2.00 bits per heavy atom. The van der Waals surface area contributed by atoms with Gasteiger partial charge in [0, 0.05) is 25.7 Å². The second-order valence-corrected chi connectivity index (χ2v) is 6.57. The molecule has 1 saturated heterocycles. The Balaban J connectivity index is 1.88. The number of hydrogen-bond donors (Lipinski definition) is 1. The number of hydrogen-bond acceptors (Lipinski definition) is 3. The van der Waals surface area contributed by atoms with Gasteiger partial charge in [-0.1, -0.05) is 42.3 Å². The van der Waals surface area contributed by atoms with E-state index in [9.17, 15) is 14.4 Å². The molecule has 0 bridgehead atoms. The van der Waals surface area contributed by atoms with Gasteiger partial charge in [-0.15, -0.1) is 5.92 Å². The highest BCUT2D eigenvalue weighted by molar-refractivity contribution is 5.91. The van der Waals surface area contributed by atoms with Gasteiger partial charge in [0.2, 0.25) is 5.91 Å².